The van der Waals surface area contributed by atoms with E-state index in [0.29, 0.717) is 24.7 Å². The van der Waals surface area contributed by atoms with Gasteiger partial charge >= 0.3 is 0 Å². The highest BCUT2D eigenvalue weighted by Crippen LogP contribution is 2.16. The quantitative estimate of drug-likeness (QED) is 0.820. The van der Waals surface area contributed by atoms with Gasteiger partial charge in [-0.15, -0.1) is 0 Å². The van der Waals surface area contributed by atoms with Crippen molar-refractivity contribution in [3.8, 4) is 0 Å². The van der Waals surface area contributed by atoms with Gasteiger partial charge in [0.15, 0.2) is 0 Å². The van der Waals surface area contributed by atoms with Gasteiger partial charge in [0.1, 0.15) is 0 Å². The van der Waals surface area contributed by atoms with E-state index >= 15 is 0 Å². The fraction of sp³-hybridized carbons (Fsp3) is 0.600. The smallest absolute Gasteiger partial charge is 0.282 e. The summed E-state index contributed by atoms with van der Waals surface area (Å²) in [6, 6.07) is 7.27. The lowest BCUT2D eigenvalue weighted by Gasteiger charge is -2.26. The van der Waals surface area contributed by atoms with Crippen LogP contribution in [-0.2, 0) is 16.8 Å². The molecule has 1 aromatic rings. The number of halogens is 1. The topological polar surface area (TPSA) is 43.9 Å². The predicted molar refractivity (Wildman–Crippen MR) is 90.1 cm³/mol. The van der Waals surface area contributed by atoms with Crippen LogP contribution in [0.4, 0.5) is 0 Å². The molecule has 0 radical (unpaired) electrons. The molecule has 0 aliphatic carbocycles. The maximum Gasteiger partial charge on any atom is 0.282 e. The van der Waals surface area contributed by atoms with Gasteiger partial charge in [0, 0.05) is 38.2 Å². The number of rotatable bonds is 5. The van der Waals surface area contributed by atoms with Gasteiger partial charge in [-0.3, -0.25) is 0 Å². The molecule has 0 aromatic heterocycles. The molecule has 0 saturated carbocycles. The highest BCUT2D eigenvalue weighted by atomic mass is 35.5. The summed E-state index contributed by atoms with van der Waals surface area (Å²) < 4.78 is 28.4. The Labute approximate surface area is 138 Å². The lowest BCUT2D eigenvalue weighted by atomic mass is 10.2. The highest BCUT2D eigenvalue weighted by molar-refractivity contribution is 7.86. The molecular weight excluding hydrogens is 322 g/mol. The first-order chi connectivity index (χ1) is 10.4. The lowest BCUT2D eigenvalue weighted by molar-refractivity contribution is 0.298. The van der Waals surface area contributed by atoms with E-state index in [2.05, 4.69) is 11.8 Å². The summed E-state index contributed by atoms with van der Waals surface area (Å²) in [5.74, 6) is 0. The zero-order valence-corrected chi connectivity index (χ0v) is 14.8. The molecule has 1 aliphatic rings. The third kappa shape index (κ3) is 4.43. The van der Waals surface area contributed by atoms with Crippen molar-refractivity contribution in [2.75, 3.05) is 39.8 Å². The van der Waals surface area contributed by atoms with Crippen molar-refractivity contribution in [1.82, 2.24) is 13.5 Å². The first kappa shape index (κ1) is 17.7. The molecule has 1 fully saturated rings. The lowest BCUT2D eigenvalue weighted by Crippen LogP contribution is -2.43. The summed E-state index contributed by atoms with van der Waals surface area (Å²) in [5.41, 5.74) is 0.931. The van der Waals surface area contributed by atoms with Crippen LogP contribution in [0, 0.1) is 0 Å². The van der Waals surface area contributed by atoms with Gasteiger partial charge in [-0.1, -0.05) is 30.7 Å². The van der Waals surface area contributed by atoms with Crippen LogP contribution in [-0.4, -0.2) is 61.7 Å². The molecule has 1 heterocycles. The van der Waals surface area contributed by atoms with Crippen LogP contribution >= 0.6 is 11.6 Å². The van der Waals surface area contributed by atoms with Gasteiger partial charge in [0.05, 0.1) is 0 Å². The Morgan fingerprint density at radius 1 is 1.14 bits per heavy atom. The molecule has 5 nitrogen and oxygen atoms in total. The average Bonchev–Trinajstić information content (AvgIpc) is 2.75. The summed E-state index contributed by atoms with van der Waals surface area (Å²) >= 11 is 5.86. The monoisotopic (exact) mass is 345 g/mol. The fourth-order valence-electron chi connectivity index (χ4n) is 2.62. The molecule has 0 N–H and O–H groups in total. The van der Waals surface area contributed by atoms with Crippen LogP contribution < -0.4 is 0 Å². The van der Waals surface area contributed by atoms with Crippen LogP contribution in [0.2, 0.25) is 5.02 Å². The summed E-state index contributed by atoms with van der Waals surface area (Å²) in [4.78, 5) is 2.29. The number of nitrogens with zero attached hydrogens (tertiary/aromatic N) is 3. The van der Waals surface area contributed by atoms with Gasteiger partial charge in [0.25, 0.3) is 10.2 Å². The van der Waals surface area contributed by atoms with Gasteiger partial charge in [0.2, 0.25) is 0 Å². The Balaban J connectivity index is 2.03. The molecule has 1 aliphatic heterocycles. The van der Waals surface area contributed by atoms with Gasteiger partial charge < -0.3 is 4.90 Å². The largest absolute Gasteiger partial charge is 0.302 e. The summed E-state index contributed by atoms with van der Waals surface area (Å²) in [5, 5.41) is 0.654. The number of likely N-dealkylation sites (N-methyl/N-ethyl adjacent to an activating group) is 1. The molecule has 1 saturated heterocycles. The minimum atomic E-state index is -3.42. The Kier molecular flexibility index (Phi) is 6.23. The number of hydrogen-bond acceptors (Lipinski definition) is 3. The van der Waals surface area contributed by atoms with E-state index in [1.165, 1.54) is 4.31 Å². The Morgan fingerprint density at radius 3 is 2.45 bits per heavy atom. The zero-order chi connectivity index (χ0) is 16.2. The molecule has 0 unspecified atom stereocenters. The molecule has 22 heavy (non-hydrogen) atoms. The van der Waals surface area contributed by atoms with Crippen molar-refractivity contribution in [3.63, 3.8) is 0 Å². The van der Waals surface area contributed by atoms with E-state index in [9.17, 15) is 8.42 Å². The first-order valence-corrected chi connectivity index (χ1v) is 9.39. The van der Waals surface area contributed by atoms with Crippen molar-refractivity contribution < 1.29 is 8.42 Å². The highest BCUT2D eigenvalue weighted by Gasteiger charge is 2.28. The first-order valence-electron chi connectivity index (χ1n) is 7.61. The van der Waals surface area contributed by atoms with Crippen molar-refractivity contribution in [2.24, 2.45) is 0 Å². The second-order valence-electron chi connectivity index (χ2n) is 5.58. The summed E-state index contributed by atoms with van der Waals surface area (Å²) in [6.45, 7) is 6.33. The van der Waals surface area contributed by atoms with E-state index in [0.717, 1.165) is 31.6 Å². The van der Waals surface area contributed by atoms with Gasteiger partial charge in [-0.25, -0.2) is 0 Å². The standard InChI is InChI=1S/C15H24ClN3O2S/c1-3-18-9-4-10-19(12-11-18)22(20,21)17(2)13-14-5-7-15(16)8-6-14/h5-8H,3-4,9-13H2,1-2H3. The van der Waals surface area contributed by atoms with Gasteiger partial charge in [-0.05, 0) is 37.2 Å². The predicted octanol–water partition coefficient (Wildman–Crippen LogP) is 2.04. The zero-order valence-electron chi connectivity index (χ0n) is 13.2. The van der Waals surface area contributed by atoms with Crippen molar-refractivity contribution >= 4 is 21.8 Å². The second-order valence-corrected chi connectivity index (χ2v) is 8.05. The SMILES string of the molecule is CCN1CCCN(S(=O)(=O)N(C)Cc2ccc(Cl)cc2)CC1. The number of hydrogen-bond donors (Lipinski definition) is 0. The molecule has 0 atom stereocenters. The molecule has 0 amide bonds. The molecular formula is C15H24ClN3O2S. The van der Waals surface area contributed by atoms with Crippen LogP contribution in [0.3, 0.4) is 0 Å². The molecule has 2 rings (SSSR count). The van der Waals surface area contributed by atoms with Crippen molar-refractivity contribution in [2.45, 2.75) is 19.9 Å². The van der Waals surface area contributed by atoms with Crippen LogP contribution in [0.25, 0.3) is 0 Å². The van der Waals surface area contributed by atoms with E-state index < -0.39 is 10.2 Å². The Hall–Kier alpha value is -0.660. The van der Waals surface area contributed by atoms with Crippen LogP contribution in [0.1, 0.15) is 18.9 Å². The summed E-state index contributed by atoms with van der Waals surface area (Å²) in [7, 11) is -1.79. The molecule has 0 bridgehead atoms. The van der Waals surface area contributed by atoms with Crippen molar-refractivity contribution in [1.29, 1.82) is 0 Å². The minimum Gasteiger partial charge on any atom is -0.302 e. The van der Waals surface area contributed by atoms with E-state index in [-0.39, 0.29) is 0 Å². The second kappa shape index (κ2) is 7.75. The van der Waals surface area contributed by atoms with Crippen molar-refractivity contribution in [3.05, 3.63) is 34.9 Å². The van der Waals surface area contributed by atoms with E-state index in [1.807, 2.05) is 12.1 Å². The molecule has 0 spiro atoms. The minimum absolute atomic E-state index is 0.355. The van der Waals surface area contributed by atoms with E-state index in [4.69, 9.17) is 11.6 Å². The van der Waals surface area contributed by atoms with Gasteiger partial charge in [-0.2, -0.15) is 17.0 Å². The maximum absolute atomic E-state index is 12.7. The molecule has 1 aromatic carbocycles. The maximum atomic E-state index is 12.7. The number of benzene rings is 1. The Morgan fingerprint density at radius 2 is 1.82 bits per heavy atom. The van der Waals surface area contributed by atoms with Crippen LogP contribution in [0.5, 0.6) is 0 Å². The third-order valence-corrected chi connectivity index (χ3v) is 6.22. The normalized spacial score (nSPS) is 18.5. The average molecular weight is 346 g/mol. The molecule has 124 valence electrons. The van der Waals surface area contributed by atoms with E-state index in [1.54, 1.807) is 23.5 Å². The molecule has 7 heteroatoms. The summed E-state index contributed by atoms with van der Waals surface area (Å²) in [6.07, 6.45) is 0.877. The Bertz CT molecular complexity index is 577. The third-order valence-electron chi connectivity index (χ3n) is 4.03. The van der Waals surface area contributed by atoms with Crippen LogP contribution in [0.15, 0.2) is 24.3 Å². The fourth-order valence-corrected chi connectivity index (χ4v) is 4.12.